The number of hydrogen-bond donors (Lipinski definition) is 1. The van der Waals surface area contributed by atoms with Crippen molar-refractivity contribution in [1.82, 2.24) is 4.98 Å². The highest BCUT2D eigenvalue weighted by Gasteiger charge is 2.32. The fourth-order valence-electron chi connectivity index (χ4n) is 0.769. The Morgan fingerprint density at radius 2 is 2.13 bits per heavy atom. The van der Waals surface area contributed by atoms with Gasteiger partial charge in [-0.25, -0.2) is 4.98 Å². The molecule has 0 atom stereocenters. The number of nitrogen functional groups attached to an aromatic ring is 1. The molecule has 4 nitrogen and oxygen atoms in total. The molecule has 0 unspecified atom stereocenters. The Balaban J connectivity index is 3.14. The van der Waals surface area contributed by atoms with Gasteiger partial charge in [0, 0.05) is 0 Å². The van der Waals surface area contributed by atoms with E-state index in [4.69, 9.17) is 22.6 Å². The Hall–Kier alpha value is -1.68. The van der Waals surface area contributed by atoms with Crippen molar-refractivity contribution in [3.05, 3.63) is 16.9 Å². The minimum absolute atomic E-state index is 0.260. The van der Waals surface area contributed by atoms with E-state index in [1.165, 1.54) is 0 Å². The number of ether oxygens (including phenoxy) is 1. The monoisotopic (exact) mass is 237 g/mol. The summed E-state index contributed by atoms with van der Waals surface area (Å²) < 4.78 is 39.0. The predicted octanol–water partition coefficient (Wildman–Crippen LogP) is 2.09. The van der Waals surface area contributed by atoms with Gasteiger partial charge in [-0.2, -0.15) is 5.26 Å². The van der Waals surface area contributed by atoms with Crippen molar-refractivity contribution >= 4 is 17.3 Å². The molecule has 80 valence electrons. The summed E-state index contributed by atoms with van der Waals surface area (Å²) in [6, 6.07) is 1.57. The molecular weight excluding hydrogens is 235 g/mol. The molecule has 0 spiro atoms. The number of pyridine rings is 1. The van der Waals surface area contributed by atoms with Crippen molar-refractivity contribution in [2.45, 2.75) is 6.36 Å². The molecule has 0 bridgehead atoms. The second-order valence-corrected chi connectivity index (χ2v) is 2.74. The summed E-state index contributed by atoms with van der Waals surface area (Å²) >= 11 is 5.47. The largest absolute Gasteiger partial charge is 0.573 e. The van der Waals surface area contributed by atoms with Crippen LogP contribution in [-0.2, 0) is 0 Å². The van der Waals surface area contributed by atoms with Crippen LogP contribution in [0.15, 0.2) is 6.20 Å². The van der Waals surface area contributed by atoms with E-state index in [1.54, 1.807) is 6.07 Å². The van der Waals surface area contributed by atoms with Crippen LogP contribution in [0.3, 0.4) is 0 Å². The molecule has 0 aliphatic heterocycles. The Morgan fingerprint density at radius 3 is 2.60 bits per heavy atom. The fourth-order valence-corrected chi connectivity index (χ4v) is 0.953. The Labute approximate surface area is 87.0 Å². The maximum Gasteiger partial charge on any atom is 0.573 e. The minimum atomic E-state index is -4.88. The maximum atomic E-state index is 11.8. The van der Waals surface area contributed by atoms with Crippen molar-refractivity contribution in [2.24, 2.45) is 0 Å². The third kappa shape index (κ3) is 2.63. The summed E-state index contributed by atoms with van der Waals surface area (Å²) in [5.41, 5.74) is 4.49. The lowest BCUT2D eigenvalue weighted by Gasteiger charge is -2.11. The van der Waals surface area contributed by atoms with Gasteiger partial charge in [-0.05, 0) is 0 Å². The number of nitrogens with two attached hydrogens (primary N) is 1. The summed E-state index contributed by atoms with van der Waals surface area (Å²) in [5, 5.41) is 8.09. The molecule has 15 heavy (non-hydrogen) atoms. The molecule has 0 amide bonds. The van der Waals surface area contributed by atoms with E-state index in [9.17, 15) is 13.2 Å². The number of nitrogens with zero attached hydrogens (tertiary/aromatic N) is 2. The lowest BCUT2D eigenvalue weighted by Crippen LogP contribution is -2.18. The number of anilines is 1. The van der Waals surface area contributed by atoms with Crippen LogP contribution in [0, 0.1) is 11.3 Å². The van der Waals surface area contributed by atoms with E-state index in [-0.39, 0.29) is 10.7 Å². The van der Waals surface area contributed by atoms with Gasteiger partial charge >= 0.3 is 6.36 Å². The molecule has 0 radical (unpaired) electrons. The summed E-state index contributed by atoms with van der Waals surface area (Å²) in [4.78, 5) is 3.34. The quantitative estimate of drug-likeness (QED) is 0.812. The molecular formula is C7H3ClF3N3O. The van der Waals surface area contributed by atoms with Crippen molar-refractivity contribution in [3.8, 4) is 11.8 Å². The maximum absolute atomic E-state index is 11.8. The highest BCUT2D eigenvalue weighted by Crippen LogP contribution is 2.33. The van der Waals surface area contributed by atoms with Crippen molar-refractivity contribution in [3.63, 3.8) is 0 Å². The number of halogens is 4. The Kier molecular flexibility index (Phi) is 2.90. The molecule has 0 saturated carbocycles. The molecule has 0 aromatic carbocycles. The Bertz CT molecular complexity index is 427. The highest BCUT2D eigenvalue weighted by molar-refractivity contribution is 6.34. The van der Waals surface area contributed by atoms with Gasteiger partial charge in [0.1, 0.15) is 11.1 Å². The van der Waals surface area contributed by atoms with Gasteiger partial charge in [0.25, 0.3) is 0 Å². The summed E-state index contributed by atoms with van der Waals surface area (Å²) in [7, 11) is 0. The number of rotatable bonds is 1. The van der Waals surface area contributed by atoms with Crippen LogP contribution in [0.1, 0.15) is 5.69 Å². The molecule has 2 N–H and O–H groups in total. The van der Waals surface area contributed by atoms with Crippen LogP contribution < -0.4 is 10.5 Å². The fraction of sp³-hybridized carbons (Fsp3) is 0.143. The predicted molar refractivity (Wildman–Crippen MR) is 45.1 cm³/mol. The van der Waals surface area contributed by atoms with E-state index < -0.39 is 17.8 Å². The van der Waals surface area contributed by atoms with Gasteiger partial charge in [0.05, 0.1) is 11.9 Å². The summed E-state index contributed by atoms with van der Waals surface area (Å²) in [5.74, 6) is -0.730. The Morgan fingerprint density at radius 1 is 1.53 bits per heavy atom. The highest BCUT2D eigenvalue weighted by atomic mass is 35.5. The molecule has 1 rings (SSSR count). The molecule has 1 aromatic heterocycles. The molecule has 1 aromatic rings. The average Bonchev–Trinajstić information content (AvgIpc) is 2.11. The molecule has 0 aliphatic carbocycles. The zero-order valence-corrected chi connectivity index (χ0v) is 7.73. The average molecular weight is 238 g/mol. The number of aromatic nitrogens is 1. The molecule has 0 saturated heterocycles. The molecule has 8 heteroatoms. The number of alkyl halides is 3. The van der Waals surface area contributed by atoms with Crippen LogP contribution in [0.25, 0.3) is 0 Å². The van der Waals surface area contributed by atoms with Gasteiger partial charge < -0.3 is 10.5 Å². The smallest absolute Gasteiger partial charge is 0.402 e. The van der Waals surface area contributed by atoms with Crippen LogP contribution in [-0.4, -0.2) is 11.3 Å². The van der Waals surface area contributed by atoms with Gasteiger partial charge in [0.2, 0.25) is 0 Å². The summed E-state index contributed by atoms with van der Waals surface area (Å²) in [6.45, 7) is 0. The summed E-state index contributed by atoms with van der Waals surface area (Å²) in [6.07, 6.45) is -4.19. The van der Waals surface area contributed by atoms with E-state index in [0.717, 1.165) is 0 Å². The van der Waals surface area contributed by atoms with Crippen molar-refractivity contribution < 1.29 is 17.9 Å². The van der Waals surface area contributed by atoms with E-state index in [1.807, 2.05) is 0 Å². The first kappa shape index (κ1) is 11.4. The number of hydrogen-bond acceptors (Lipinski definition) is 4. The third-order valence-corrected chi connectivity index (χ3v) is 1.73. The number of nitriles is 1. The first-order valence-electron chi connectivity index (χ1n) is 3.45. The van der Waals surface area contributed by atoms with Crippen molar-refractivity contribution in [1.29, 1.82) is 5.26 Å². The second-order valence-electron chi connectivity index (χ2n) is 2.36. The lowest BCUT2D eigenvalue weighted by molar-refractivity contribution is -0.274. The zero-order valence-electron chi connectivity index (χ0n) is 6.97. The third-order valence-electron chi connectivity index (χ3n) is 1.35. The second kappa shape index (κ2) is 3.82. The van der Waals surface area contributed by atoms with Crippen LogP contribution in [0.2, 0.25) is 5.02 Å². The topological polar surface area (TPSA) is 71.9 Å². The molecule has 0 fully saturated rings. The van der Waals surface area contributed by atoms with Crippen molar-refractivity contribution in [2.75, 3.05) is 5.73 Å². The van der Waals surface area contributed by atoms with Gasteiger partial charge in [0.15, 0.2) is 11.4 Å². The molecule has 0 aliphatic rings. The standard InChI is InChI=1S/C7H3ClF3N3O/c8-5-3(1-12)14-2-4(6(5)13)15-7(9,10)11/h2H,(H2,13,14). The van der Waals surface area contributed by atoms with E-state index in [2.05, 4.69) is 9.72 Å². The first-order chi connectivity index (χ1) is 6.85. The van der Waals surface area contributed by atoms with E-state index in [0.29, 0.717) is 6.20 Å². The lowest BCUT2D eigenvalue weighted by atomic mass is 10.3. The van der Waals surface area contributed by atoms with E-state index >= 15 is 0 Å². The van der Waals surface area contributed by atoms with Crippen LogP contribution in [0.5, 0.6) is 5.75 Å². The van der Waals surface area contributed by atoms with Crippen LogP contribution >= 0.6 is 11.6 Å². The molecule has 1 heterocycles. The SMILES string of the molecule is N#Cc1ncc(OC(F)(F)F)c(N)c1Cl. The minimum Gasteiger partial charge on any atom is -0.402 e. The zero-order chi connectivity index (χ0) is 11.6. The van der Waals surface area contributed by atoms with Gasteiger partial charge in [-0.1, -0.05) is 11.6 Å². The first-order valence-corrected chi connectivity index (χ1v) is 3.82. The van der Waals surface area contributed by atoms with Gasteiger partial charge in [-0.15, -0.1) is 13.2 Å². The van der Waals surface area contributed by atoms with Gasteiger partial charge in [-0.3, -0.25) is 0 Å². The van der Waals surface area contributed by atoms with Crippen LogP contribution in [0.4, 0.5) is 18.9 Å². The normalized spacial score (nSPS) is 10.9.